The Balaban J connectivity index is 2.22. The monoisotopic (exact) mass is 209 g/mol. The molecule has 3 heteroatoms. The predicted molar refractivity (Wildman–Crippen MR) is 56.2 cm³/mol. The molecule has 0 aromatic heterocycles. The first-order valence-electron chi connectivity index (χ1n) is 4.67. The van der Waals surface area contributed by atoms with Crippen molar-refractivity contribution in [1.29, 1.82) is 0 Å². The highest BCUT2D eigenvalue weighted by Crippen LogP contribution is 2.50. The molecule has 0 atom stereocenters. The van der Waals surface area contributed by atoms with Crippen molar-refractivity contribution in [3.8, 4) is 0 Å². The zero-order chi connectivity index (χ0) is 10.2. The minimum atomic E-state index is -0.225. The van der Waals surface area contributed by atoms with Crippen molar-refractivity contribution in [2.24, 2.45) is 5.73 Å². The van der Waals surface area contributed by atoms with E-state index >= 15 is 0 Å². The zero-order valence-corrected chi connectivity index (χ0v) is 8.55. The largest absolute Gasteiger partial charge is 0.370 e. The van der Waals surface area contributed by atoms with Gasteiger partial charge in [0, 0.05) is 16.9 Å². The molecule has 1 amide bonds. The van der Waals surface area contributed by atoms with Gasteiger partial charge in [0.1, 0.15) is 0 Å². The number of carbonyl (C=O) groups excluding carboxylic acids is 1. The summed E-state index contributed by atoms with van der Waals surface area (Å²) >= 11 is 5.80. The van der Waals surface area contributed by atoms with Crippen molar-refractivity contribution < 1.29 is 4.79 Å². The highest BCUT2D eigenvalue weighted by molar-refractivity contribution is 6.30. The summed E-state index contributed by atoms with van der Waals surface area (Å²) in [6.07, 6.45) is 2.56. The fraction of sp³-hybridized carbons (Fsp3) is 0.364. The molecule has 0 spiro atoms. The van der Waals surface area contributed by atoms with Crippen molar-refractivity contribution in [3.05, 3.63) is 34.9 Å². The van der Waals surface area contributed by atoms with Gasteiger partial charge in [-0.05, 0) is 30.5 Å². The summed E-state index contributed by atoms with van der Waals surface area (Å²) in [6.45, 7) is 0. The van der Waals surface area contributed by atoms with Gasteiger partial charge in [0.2, 0.25) is 5.91 Å². The number of carbonyl (C=O) groups is 1. The van der Waals surface area contributed by atoms with Gasteiger partial charge in [-0.25, -0.2) is 0 Å². The van der Waals surface area contributed by atoms with Crippen molar-refractivity contribution in [2.75, 3.05) is 0 Å². The molecule has 2 N–H and O–H groups in total. The molecule has 1 aromatic rings. The van der Waals surface area contributed by atoms with Crippen LogP contribution in [0.1, 0.15) is 24.8 Å². The molecule has 0 aliphatic heterocycles. The maximum atomic E-state index is 10.9. The lowest BCUT2D eigenvalue weighted by Gasteiger charge is -2.13. The first-order valence-corrected chi connectivity index (χ1v) is 5.05. The molecule has 1 aromatic carbocycles. The van der Waals surface area contributed by atoms with Gasteiger partial charge in [0.05, 0.1) is 0 Å². The van der Waals surface area contributed by atoms with Gasteiger partial charge in [0.25, 0.3) is 0 Å². The van der Waals surface area contributed by atoms with Gasteiger partial charge in [-0.15, -0.1) is 0 Å². The second-order valence-electron chi connectivity index (χ2n) is 3.93. The van der Waals surface area contributed by atoms with E-state index in [4.69, 9.17) is 17.3 Å². The number of halogens is 1. The van der Waals surface area contributed by atoms with E-state index in [2.05, 4.69) is 0 Å². The predicted octanol–water partition coefficient (Wildman–Crippen LogP) is 2.25. The highest BCUT2D eigenvalue weighted by atomic mass is 35.5. The van der Waals surface area contributed by atoms with Gasteiger partial charge in [0.15, 0.2) is 0 Å². The Bertz CT molecular complexity index is 354. The van der Waals surface area contributed by atoms with E-state index in [1.807, 2.05) is 24.3 Å². The molecule has 0 radical (unpaired) electrons. The summed E-state index contributed by atoms with van der Waals surface area (Å²) in [5.74, 6) is -0.225. The Morgan fingerprint density at radius 3 is 2.36 bits per heavy atom. The van der Waals surface area contributed by atoms with Crippen LogP contribution in [0.4, 0.5) is 0 Å². The fourth-order valence-corrected chi connectivity index (χ4v) is 1.98. The van der Waals surface area contributed by atoms with Gasteiger partial charge in [-0.2, -0.15) is 0 Å². The normalized spacial score (nSPS) is 17.8. The third-order valence-corrected chi connectivity index (χ3v) is 3.07. The van der Waals surface area contributed by atoms with E-state index in [9.17, 15) is 4.79 Å². The molecule has 14 heavy (non-hydrogen) atoms. The van der Waals surface area contributed by atoms with Crippen LogP contribution in [-0.4, -0.2) is 5.91 Å². The maximum absolute atomic E-state index is 10.9. The van der Waals surface area contributed by atoms with Crippen molar-refractivity contribution in [1.82, 2.24) is 0 Å². The first kappa shape index (κ1) is 9.53. The minimum absolute atomic E-state index is 0.0242. The van der Waals surface area contributed by atoms with Crippen molar-refractivity contribution in [2.45, 2.75) is 24.7 Å². The Morgan fingerprint density at radius 1 is 1.36 bits per heavy atom. The van der Waals surface area contributed by atoms with E-state index in [0.717, 1.165) is 17.9 Å². The summed E-state index contributed by atoms with van der Waals surface area (Å²) < 4.78 is 0. The number of benzene rings is 1. The Morgan fingerprint density at radius 2 is 1.93 bits per heavy atom. The molecule has 1 aliphatic carbocycles. The molecule has 1 aliphatic rings. The second-order valence-corrected chi connectivity index (χ2v) is 4.37. The lowest BCUT2D eigenvalue weighted by molar-refractivity contribution is -0.118. The van der Waals surface area contributed by atoms with Gasteiger partial charge < -0.3 is 5.73 Å². The van der Waals surface area contributed by atoms with Crippen LogP contribution in [0.5, 0.6) is 0 Å². The molecule has 2 rings (SSSR count). The number of hydrogen-bond acceptors (Lipinski definition) is 1. The van der Waals surface area contributed by atoms with Crippen LogP contribution in [0.25, 0.3) is 0 Å². The van der Waals surface area contributed by atoms with E-state index in [0.29, 0.717) is 6.42 Å². The van der Waals surface area contributed by atoms with Crippen LogP contribution < -0.4 is 5.73 Å². The Kier molecular flexibility index (Phi) is 2.23. The first-order chi connectivity index (χ1) is 6.62. The second kappa shape index (κ2) is 3.28. The minimum Gasteiger partial charge on any atom is -0.370 e. The Hall–Kier alpha value is -1.02. The molecule has 0 saturated heterocycles. The average molecular weight is 210 g/mol. The highest BCUT2D eigenvalue weighted by Gasteiger charge is 2.45. The number of nitrogens with two attached hydrogens (primary N) is 1. The molecular weight excluding hydrogens is 198 g/mol. The summed E-state index contributed by atoms with van der Waals surface area (Å²) in [5, 5.41) is 0.726. The summed E-state index contributed by atoms with van der Waals surface area (Å²) in [6, 6.07) is 7.69. The quantitative estimate of drug-likeness (QED) is 0.815. The number of amides is 1. The van der Waals surface area contributed by atoms with Gasteiger partial charge >= 0.3 is 0 Å². The Labute approximate surface area is 88.1 Å². The molecule has 0 heterocycles. The number of hydrogen-bond donors (Lipinski definition) is 1. The number of rotatable bonds is 3. The summed E-state index contributed by atoms with van der Waals surface area (Å²) in [5.41, 5.74) is 6.43. The van der Waals surface area contributed by atoms with Crippen LogP contribution >= 0.6 is 11.6 Å². The van der Waals surface area contributed by atoms with Crippen molar-refractivity contribution >= 4 is 17.5 Å². The third kappa shape index (κ3) is 1.75. The lowest BCUT2D eigenvalue weighted by atomic mass is 9.92. The average Bonchev–Trinajstić information content (AvgIpc) is 2.85. The van der Waals surface area contributed by atoms with E-state index in [1.165, 1.54) is 5.56 Å². The van der Waals surface area contributed by atoms with Crippen molar-refractivity contribution in [3.63, 3.8) is 0 Å². The third-order valence-electron chi connectivity index (χ3n) is 2.82. The molecule has 2 nitrogen and oxygen atoms in total. The molecule has 1 saturated carbocycles. The molecule has 74 valence electrons. The molecule has 0 unspecified atom stereocenters. The fourth-order valence-electron chi connectivity index (χ4n) is 1.86. The van der Waals surface area contributed by atoms with E-state index in [-0.39, 0.29) is 11.3 Å². The van der Waals surface area contributed by atoms with Gasteiger partial charge in [-0.3, -0.25) is 4.79 Å². The van der Waals surface area contributed by atoms with Gasteiger partial charge in [-0.1, -0.05) is 23.7 Å². The number of primary amides is 1. The SMILES string of the molecule is NC(=O)CC1(c2ccc(Cl)cc2)CC1. The standard InChI is InChI=1S/C11H12ClNO/c12-9-3-1-8(2-4-9)11(5-6-11)7-10(13)14/h1-4H,5-7H2,(H2,13,14). The maximum Gasteiger partial charge on any atom is 0.218 e. The van der Waals surface area contributed by atoms with Crippen LogP contribution in [0.3, 0.4) is 0 Å². The van der Waals surface area contributed by atoms with E-state index in [1.54, 1.807) is 0 Å². The van der Waals surface area contributed by atoms with Crippen LogP contribution in [0.15, 0.2) is 24.3 Å². The lowest BCUT2D eigenvalue weighted by Crippen LogP contribution is -2.19. The molecular formula is C11H12ClNO. The van der Waals surface area contributed by atoms with Crippen LogP contribution in [0.2, 0.25) is 5.02 Å². The molecule has 1 fully saturated rings. The van der Waals surface area contributed by atoms with Crippen LogP contribution in [0, 0.1) is 0 Å². The molecule has 0 bridgehead atoms. The van der Waals surface area contributed by atoms with E-state index < -0.39 is 0 Å². The zero-order valence-electron chi connectivity index (χ0n) is 7.79. The summed E-state index contributed by atoms with van der Waals surface area (Å²) in [4.78, 5) is 10.9. The smallest absolute Gasteiger partial charge is 0.218 e. The summed E-state index contributed by atoms with van der Waals surface area (Å²) in [7, 11) is 0. The van der Waals surface area contributed by atoms with Crippen LogP contribution in [-0.2, 0) is 10.2 Å². The topological polar surface area (TPSA) is 43.1 Å².